The van der Waals surface area contributed by atoms with Gasteiger partial charge in [-0.1, -0.05) is 31.0 Å². The van der Waals surface area contributed by atoms with Gasteiger partial charge in [-0.3, -0.25) is 9.78 Å². The minimum Gasteiger partial charge on any atom is -0.485 e. The molecule has 0 aliphatic heterocycles. The van der Waals surface area contributed by atoms with Crippen LogP contribution < -0.4 is 14.8 Å². The van der Waals surface area contributed by atoms with E-state index in [0.717, 1.165) is 23.9 Å². The lowest BCUT2D eigenvalue weighted by atomic mass is 10.1. The third-order valence-electron chi connectivity index (χ3n) is 5.33. The van der Waals surface area contributed by atoms with Crippen molar-refractivity contribution in [2.45, 2.75) is 39.8 Å². The summed E-state index contributed by atoms with van der Waals surface area (Å²) >= 11 is 1.53. The molecule has 4 aromatic rings. The molecule has 0 spiro atoms. The second kappa shape index (κ2) is 11.4. The van der Waals surface area contributed by atoms with Crippen molar-refractivity contribution in [3.63, 3.8) is 0 Å². The molecule has 4 rings (SSSR count). The number of carbonyl (C=O) groups is 1. The van der Waals surface area contributed by atoms with Crippen molar-refractivity contribution in [1.82, 2.24) is 19.7 Å². The quantitative estimate of drug-likeness (QED) is 0.182. The van der Waals surface area contributed by atoms with Crippen LogP contribution in [0.3, 0.4) is 0 Å². The minimum absolute atomic E-state index is 0.151. The molecule has 0 aliphatic rings. The predicted molar refractivity (Wildman–Crippen MR) is 146 cm³/mol. The van der Waals surface area contributed by atoms with Crippen LogP contribution in [-0.4, -0.2) is 31.8 Å². The second-order valence-corrected chi connectivity index (χ2v) is 10.2. The topological polar surface area (TPSA) is 94.0 Å². The molecule has 3 heterocycles. The van der Waals surface area contributed by atoms with Crippen LogP contribution in [0.2, 0.25) is 0 Å². The van der Waals surface area contributed by atoms with Gasteiger partial charge in [-0.25, -0.2) is 14.1 Å². The number of anilines is 3. The summed E-state index contributed by atoms with van der Waals surface area (Å²) in [5.74, 6) is 2.17. The first kappa shape index (κ1) is 26.2. The van der Waals surface area contributed by atoms with Crippen LogP contribution in [-0.2, 0) is 12.1 Å². The highest BCUT2D eigenvalue weighted by Crippen LogP contribution is 2.37. The van der Waals surface area contributed by atoms with Gasteiger partial charge in [0.05, 0.1) is 28.7 Å². The van der Waals surface area contributed by atoms with Crippen molar-refractivity contribution >= 4 is 35.6 Å². The van der Waals surface area contributed by atoms with Crippen molar-refractivity contribution in [1.29, 1.82) is 0 Å². The zero-order valence-corrected chi connectivity index (χ0v) is 22.0. The molecule has 192 valence electrons. The van der Waals surface area contributed by atoms with Gasteiger partial charge in [-0.05, 0) is 57.2 Å². The number of halogens is 1. The highest BCUT2D eigenvalue weighted by Gasteiger charge is 2.26. The minimum atomic E-state index is -0.417. The van der Waals surface area contributed by atoms with Crippen LogP contribution in [0, 0.1) is 5.82 Å². The maximum Gasteiger partial charge on any atom is 0.156 e. The maximum absolute atomic E-state index is 13.3. The number of ether oxygens (including phenoxy) is 1. The van der Waals surface area contributed by atoms with Gasteiger partial charge >= 0.3 is 0 Å². The Morgan fingerprint density at radius 1 is 1.14 bits per heavy atom. The van der Waals surface area contributed by atoms with Gasteiger partial charge in [0.25, 0.3) is 0 Å². The zero-order valence-electron chi connectivity index (χ0n) is 21.2. The van der Waals surface area contributed by atoms with E-state index in [1.165, 1.54) is 18.0 Å². The molecular weight excluding hydrogens is 491 g/mol. The molecule has 0 radical (unpaired) electrons. The number of pyridine rings is 2. The number of carbonyl (C=O) groups excluding carboxylic acids is 1. The molecule has 0 atom stereocenters. The monoisotopic (exact) mass is 520 g/mol. The second-order valence-electron chi connectivity index (χ2n) is 9.15. The van der Waals surface area contributed by atoms with Gasteiger partial charge < -0.3 is 14.8 Å². The van der Waals surface area contributed by atoms with Crippen molar-refractivity contribution in [3.05, 3.63) is 78.0 Å². The summed E-state index contributed by atoms with van der Waals surface area (Å²) in [6.45, 7) is 8.24. The summed E-state index contributed by atoms with van der Waals surface area (Å²) in [6.07, 6.45) is 3.64. The first-order chi connectivity index (χ1) is 17.8. The van der Waals surface area contributed by atoms with Crippen LogP contribution in [0.25, 0.3) is 11.3 Å². The molecular formula is C27H29FN6O2S. The van der Waals surface area contributed by atoms with Crippen molar-refractivity contribution in [3.8, 4) is 17.0 Å². The fourth-order valence-electron chi connectivity index (χ4n) is 3.59. The number of nitrogens with zero attached hydrogens (tertiary/aromatic N) is 4. The highest BCUT2D eigenvalue weighted by molar-refractivity contribution is 8.00. The van der Waals surface area contributed by atoms with Gasteiger partial charge in [0, 0.05) is 17.5 Å². The third kappa shape index (κ3) is 6.26. The van der Waals surface area contributed by atoms with Crippen LogP contribution in [0.15, 0.2) is 60.9 Å². The molecule has 0 unspecified atom stereocenters. The van der Waals surface area contributed by atoms with Crippen LogP contribution >= 0.6 is 11.9 Å². The molecule has 2 N–H and O–H groups in total. The molecule has 0 saturated heterocycles. The number of rotatable bonds is 10. The van der Waals surface area contributed by atoms with E-state index in [9.17, 15) is 9.18 Å². The lowest BCUT2D eigenvalue weighted by molar-refractivity contribution is 0.112. The Morgan fingerprint density at radius 3 is 2.62 bits per heavy atom. The maximum atomic E-state index is 13.3. The molecule has 1 aromatic carbocycles. The van der Waals surface area contributed by atoms with Crippen LogP contribution in [0.5, 0.6) is 5.75 Å². The third-order valence-corrected chi connectivity index (χ3v) is 5.99. The standard InChI is InChI=1S/C27H29FN6O2S/c1-5-37-33-22-12-9-18(14-23(22)36-17-20-11-10-19(28)15-30-20)25-21(16-35)26(34(32-25)27(2,3)4)31-24-8-6-7-13-29-24/h6-16,33H,5,17H2,1-4H3,(H,29,31). The molecule has 8 nitrogen and oxygen atoms in total. The van der Waals surface area contributed by atoms with Crippen molar-refractivity contribution in [2.75, 3.05) is 15.8 Å². The summed E-state index contributed by atoms with van der Waals surface area (Å²) in [5.41, 5.74) is 2.59. The molecule has 0 saturated carbocycles. The lowest BCUT2D eigenvalue weighted by Crippen LogP contribution is -2.24. The Balaban J connectivity index is 1.75. The number of aromatic nitrogens is 4. The summed E-state index contributed by atoms with van der Waals surface area (Å²) in [7, 11) is 0. The van der Waals surface area contributed by atoms with Gasteiger partial charge in [-0.15, -0.1) is 0 Å². The Morgan fingerprint density at radius 2 is 1.97 bits per heavy atom. The number of hydrogen-bond donors (Lipinski definition) is 2. The first-order valence-electron chi connectivity index (χ1n) is 11.8. The Bertz CT molecular complexity index is 1350. The normalized spacial score (nSPS) is 11.3. The molecule has 0 aliphatic carbocycles. The Kier molecular flexibility index (Phi) is 8.08. The summed E-state index contributed by atoms with van der Waals surface area (Å²) in [6, 6.07) is 14.1. The molecule has 0 amide bonds. The number of hydrogen-bond acceptors (Lipinski definition) is 8. The molecule has 0 bridgehead atoms. The van der Waals surface area contributed by atoms with Crippen molar-refractivity contribution in [2.24, 2.45) is 0 Å². The smallest absolute Gasteiger partial charge is 0.156 e. The average Bonchev–Trinajstić information content (AvgIpc) is 3.26. The van der Waals surface area contributed by atoms with E-state index < -0.39 is 11.4 Å². The predicted octanol–water partition coefficient (Wildman–Crippen LogP) is 6.45. The average molecular weight is 521 g/mol. The van der Waals surface area contributed by atoms with E-state index in [1.807, 2.05) is 64.1 Å². The first-order valence-corrected chi connectivity index (χ1v) is 12.8. The number of aldehydes is 1. The summed E-state index contributed by atoms with van der Waals surface area (Å²) in [4.78, 5) is 20.8. The van der Waals surface area contributed by atoms with E-state index in [-0.39, 0.29) is 6.61 Å². The van der Waals surface area contributed by atoms with Crippen LogP contribution in [0.4, 0.5) is 21.7 Å². The van der Waals surface area contributed by atoms with E-state index in [2.05, 4.69) is 20.0 Å². The van der Waals surface area contributed by atoms with Gasteiger partial charge in [-0.2, -0.15) is 5.10 Å². The Labute approximate surface area is 219 Å². The van der Waals surface area contributed by atoms with E-state index >= 15 is 0 Å². The number of nitrogens with one attached hydrogen (secondary N) is 2. The largest absolute Gasteiger partial charge is 0.485 e. The SMILES string of the molecule is CCSNc1ccc(-c2nn(C(C)(C)C)c(Nc3ccccn3)c2C=O)cc1OCc1ccc(F)cn1. The lowest BCUT2D eigenvalue weighted by Gasteiger charge is -2.22. The van der Waals surface area contributed by atoms with E-state index in [4.69, 9.17) is 9.84 Å². The van der Waals surface area contributed by atoms with E-state index in [1.54, 1.807) is 16.9 Å². The van der Waals surface area contributed by atoms with E-state index in [0.29, 0.717) is 39.9 Å². The highest BCUT2D eigenvalue weighted by atomic mass is 32.2. The fraction of sp³-hybridized carbons (Fsp3) is 0.259. The molecule has 0 fully saturated rings. The number of benzene rings is 1. The summed E-state index contributed by atoms with van der Waals surface area (Å²) in [5, 5.41) is 8.11. The molecule has 3 aromatic heterocycles. The van der Waals surface area contributed by atoms with Crippen LogP contribution in [0.1, 0.15) is 43.7 Å². The molecule has 10 heteroatoms. The van der Waals surface area contributed by atoms with Gasteiger partial charge in [0.15, 0.2) is 6.29 Å². The van der Waals surface area contributed by atoms with Gasteiger partial charge in [0.2, 0.25) is 0 Å². The molecule has 37 heavy (non-hydrogen) atoms. The zero-order chi connectivity index (χ0) is 26.4. The van der Waals surface area contributed by atoms with Gasteiger partial charge in [0.1, 0.15) is 35.5 Å². The Hall–Kier alpha value is -3.92. The van der Waals surface area contributed by atoms with Crippen molar-refractivity contribution < 1.29 is 13.9 Å². The summed E-state index contributed by atoms with van der Waals surface area (Å²) < 4.78 is 24.4. The fourth-order valence-corrected chi connectivity index (χ4v) is 4.05.